The number of aliphatic hydroxyl groups excluding tert-OH is 1. The zero-order chi connectivity index (χ0) is 43.9. The number of nitrogens with one attached hydrogen (secondary N) is 5. The van der Waals surface area contributed by atoms with Crippen LogP contribution in [0.1, 0.15) is 107 Å². The average Bonchev–Trinajstić information content (AvgIpc) is 3.94. The van der Waals surface area contributed by atoms with Crippen LogP contribution in [0, 0.1) is 11.8 Å². The molecule has 0 saturated carbocycles. The monoisotopic (exact) mass is 832 g/mol. The summed E-state index contributed by atoms with van der Waals surface area (Å²) in [4.78, 5) is 74.6. The molecule has 0 radical (unpaired) electrons. The number of epoxide rings is 1. The van der Waals surface area contributed by atoms with Crippen LogP contribution < -0.4 is 32.5 Å². The molecule has 17 heteroatoms. The van der Waals surface area contributed by atoms with E-state index >= 15 is 0 Å². The normalized spacial score (nSPS) is 28.5. The fourth-order valence-electron chi connectivity index (χ4n) is 7.14. The maximum Gasteiger partial charge on any atom is 0.303 e. The molecule has 11 atom stereocenters. The molecule has 5 amide bonds. The van der Waals surface area contributed by atoms with Gasteiger partial charge >= 0.3 is 5.97 Å². The molecular weight excluding hydrogens is 764 g/mol. The number of amides is 5. The predicted octanol–water partition coefficient (Wildman–Crippen LogP) is 1.67. The smallest absolute Gasteiger partial charge is 0.303 e. The van der Waals surface area contributed by atoms with E-state index in [4.69, 9.17) is 24.7 Å². The fourth-order valence-corrected chi connectivity index (χ4v) is 7.14. The molecule has 59 heavy (non-hydrogen) atoms. The Balaban J connectivity index is 1.46. The highest BCUT2D eigenvalue weighted by Crippen LogP contribution is 2.43. The van der Waals surface area contributed by atoms with Gasteiger partial charge in [0.05, 0.1) is 37.4 Å². The number of hydrogen-bond acceptors (Lipinski definition) is 12. The molecule has 0 aromatic heterocycles. The SMILES string of the molecule is CC(=O)O[C@@H](C)C=CC(=O)N[C@@H]1C[C@H](C)[C@H](CC=C(C)C=C[C@H]2O[C@H](CC(=O)NNC(=O)[C@H](C)NC(=O)[C@@H](NC(=O)CCCCCN)C(C)C)C[C@@]3(CO3)[C@@H]2O)O[C@@H]1C. The molecule has 17 nitrogen and oxygen atoms in total. The van der Waals surface area contributed by atoms with E-state index in [0.717, 1.165) is 24.8 Å². The number of esters is 1. The van der Waals surface area contributed by atoms with Gasteiger partial charge in [0.15, 0.2) is 0 Å². The van der Waals surface area contributed by atoms with Gasteiger partial charge in [-0.2, -0.15) is 0 Å². The van der Waals surface area contributed by atoms with E-state index in [-0.39, 0.29) is 61.2 Å². The van der Waals surface area contributed by atoms with Gasteiger partial charge in [-0.25, -0.2) is 0 Å². The fraction of sp³-hybridized carbons (Fsp3) is 0.714. The third kappa shape index (κ3) is 16.4. The van der Waals surface area contributed by atoms with Crippen LogP contribution >= 0.6 is 0 Å². The zero-order valence-electron chi connectivity index (χ0n) is 35.9. The third-order valence-electron chi connectivity index (χ3n) is 10.8. The molecular formula is C42H68N6O11. The Morgan fingerprint density at radius 3 is 2.29 bits per heavy atom. The number of hydrogen-bond donors (Lipinski definition) is 7. The van der Waals surface area contributed by atoms with E-state index in [0.29, 0.717) is 26.0 Å². The summed E-state index contributed by atoms with van der Waals surface area (Å²) in [6.45, 7) is 14.9. The number of carbonyl (C=O) groups is 6. The first-order valence-corrected chi connectivity index (χ1v) is 20.9. The van der Waals surface area contributed by atoms with Crippen LogP contribution in [0.4, 0.5) is 0 Å². The number of aliphatic hydroxyl groups is 1. The quantitative estimate of drug-likeness (QED) is 0.0231. The predicted molar refractivity (Wildman–Crippen MR) is 219 cm³/mol. The molecule has 3 rings (SSSR count). The van der Waals surface area contributed by atoms with Crippen LogP contribution in [0.25, 0.3) is 0 Å². The van der Waals surface area contributed by atoms with Crippen LogP contribution in [-0.2, 0) is 47.7 Å². The van der Waals surface area contributed by atoms with Crippen molar-refractivity contribution in [1.29, 1.82) is 0 Å². The molecule has 3 aliphatic rings. The molecule has 0 aromatic carbocycles. The van der Waals surface area contributed by atoms with Gasteiger partial charge in [-0.3, -0.25) is 39.6 Å². The van der Waals surface area contributed by atoms with Crippen LogP contribution in [0.2, 0.25) is 0 Å². The lowest BCUT2D eigenvalue weighted by Gasteiger charge is -2.39. The van der Waals surface area contributed by atoms with Crippen molar-refractivity contribution in [2.75, 3.05) is 13.2 Å². The summed E-state index contributed by atoms with van der Waals surface area (Å²) in [6.07, 6.45) is 9.52. The van der Waals surface area contributed by atoms with E-state index in [1.165, 1.54) is 26.0 Å². The molecule has 3 heterocycles. The van der Waals surface area contributed by atoms with Crippen LogP contribution in [-0.4, -0.2) is 114 Å². The second-order valence-corrected chi connectivity index (χ2v) is 16.5. The summed E-state index contributed by atoms with van der Waals surface area (Å²) < 4.78 is 23.1. The summed E-state index contributed by atoms with van der Waals surface area (Å²) in [5, 5.41) is 19.4. The van der Waals surface area contributed by atoms with Gasteiger partial charge in [0.25, 0.3) is 5.91 Å². The van der Waals surface area contributed by atoms with Crippen molar-refractivity contribution in [3.63, 3.8) is 0 Å². The van der Waals surface area contributed by atoms with Gasteiger partial charge < -0.3 is 45.7 Å². The zero-order valence-corrected chi connectivity index (χ0v) is 35.9. The minimum atomic E-state index is -1.01. The minimum Gasteiger partial charge on any atom is -0.459 e. The second-order valence-electron chi connectivity index (χ2n) is 16.5. The maximum atomic E-state index is 13.0. The Bertz CT molecular complexity index is 1550. The lowest BCUT2D eigenvalue weighted by atomic mass is 9.87. The lowest BCUT2D eigenvalue weighted by molar-refractivity contribution is -0.147. The first-order valence-electron chi connectivity index (χ1n) is 20.9. The molecule has 3 saturated heterocycles. The summed E-state index contributed by atoms with van der Waals surface area (Å²) in [5.41, 5.74) is 10.3. The standard InChI is InChI=1S/C42H68N6O11/c1-24(2)38(46-35(50)12-10-9-11-19-43)41(55)44-28(6)40(54)48-47-37(52)21-31-22-42(23-56-42)39(53)34(59-31)17-14-25(3)13-16-33-26(4)20-32(29(7)58-33)45-36(51)18-15-27(5)57-30(8)49/h13-15,17-18,24,26-29,31-34,38-39,53H,9-12,16,19-23,43H2,1-8H3,(H,44,55)(H,45,51)(H,46,50)(H,47,52)(H,48,54)/t26-,27-,28-,29+,31+,32+,33-,34+,38-,39+,42+/m0/s1. The number of rotatable bonds is 20. The van der Waals surface area contributed by atoms with Crippen molar-refractivity contribution in [2.45, 2.75) is 167 Å². The van der Waals surface area contributed by atoms with Crippen LogP contribution in [0.3, 0.4) is 0 Å². The van der Waals surface area contributed by atoms with Crippen molar-refractivity contribution in [1.82, 2.24) is 26.8 Å². The second kappa shape index (κ2) is 23.6. The molecule has 1 spiro atoms. The lowest BCUT2D eigenvalue weighted by Crippen LogP contribution is -2.56. The summed E-state index contributed by atoms with van der Waals surface area (Å²) in [7, 11) is 0. The van der Waals surface area contributed by atoms with Crippen molar-refractivity contribution in [2.24, 2.45) is 17.6 Å². The molecule has 0 aliphatic carbocycles. The first-order chi connectivity index (χ1) is 27.8. The number of nitrogens with two attached hydrogens (primary N) is 1. The topological polar surface area (TPSA) is 249 Å². The van der Waals surface area contributed by atoms with Crippen molar-refractivity contribution < 1.29 is 52.8 Å². The minimum absolute atomic E-state index is 0.0744. The van der Waals surface area contributed by atoms with Gasteiger partial charge in [0.1, 0.15) is 36.0 Å². The molecule has 8 N–H and O–H groups in total. The molecule has 3 aliphatic heterocycles. The first kappa shape index (κ1) is 49.2. The molecule has 3 fully saturated rings. The molecule has 0 unspecified atom stereocenters. The Kier molecular flexibility index (Phi) is 19.7. The van der Waals surface area contributed by atoms with Gasteiger partial charge in [0, 0.05) is 25.8 Å². The summed E-state index contributed by atoms with van der Waals surface area (Å²) in [6, 6.07) is -2.03. The Labute approximate surface area is 348 Å². The van der Waals surface area contributed by atoms with E-state index in [2.05, 4.69) is 33.7 Å². The van der Waals surface area contributed by atoms with E-state index in [1.54, 1.807) is 26.8 Å². The third-order valence-corrected chi connectivity index (χ3v) is 10.8. The highest BCUT2D eigenvalue weighted by Gasteiger charge is 2.58. The molecule has 0 bridgehead atoms. The Morgan fingerprint density at radius 2 is 1.64 bits per heavy atom. The van der Waals surface area contributed by atoms with Gasteiger partial charge in [-0.1, -0.05) is 51.0 Å². The largest absolute Gasteiger partial charge is 0.459 e. The highest BCUT2D eigenvalue weighted by molar-refractivity contribution is 5.92. The number of unbranched alkanes of at least 4 members (excludes halogenated alkanes) is 2. The van der Waals surface area contributed by atoms with Crippen LogP contribution in [0.5, 0.6) is 0 Å². The Hall–Kier alpha value is -4.16. The Morgan fingerprint density at radius 1 is 0.932 bits per heavy atom. The average molecular weight is 833 g/mol. The summed E-state index contributed by atoms with van der Waals surface area (Å²) >= 11 is 0. The number of carbonyl (C=O) groups excluding carboxylic acids is 6. The van der Waals surface area contributed by atoms with Gasteiger partial charge in [0.2, 0.25) is 23.6 Å². The van der Waals surface area contributed by atoms with Gasteiger partial charge in [-0.15, -0.1) is 0 Å². The maximum absolute atomic E-state index is 13.0. The van der Waals surface area contributed by atoms with Crippen molar-refractivity contribution in [3.05, 3.63) is 36.0 Å². The van der Waals surface area contributed by atoms with E-state index < -0.39 is 65.8 Å². The van der Waals surface area contributed by atoms with Crippen LogP contribution in [0.15, 0.2) is 36.0 Å². The molecule has 0 aromatic rings. The number of hydrazine groups is 1. The highest BCUT2D eigenvalue weighted by atomic mass is 16.6. The van der Waals surface area contributed by atoms with Crippen molar-refractivity contribution in [3.8, 4) is 0 Å². The van der Waals surface area contributed by atoms with E-state index in [1.807, 2.05) is 26.0 Å². The number of allylic oxidation sites excluding steroid dienone is 2. The van der Waals surface area contributed by atoms with Crippen molar-refractivity contribution >= 4 is 35.5 Å². The van der Waals surface area contributed by atoms with Gasteiger partial charge in [-0.05, 0) is 77.8 Å². The molecule has 332 valence electrons. The summed E-state index contributed by atoms with van der Waals surface area (Å²) in [5.74, 6) is -2.73. The number of ether oxygens (including phenoxy) is 4. The van der Waals surface area contributed by atoms with E-state index in [9.17, 15) is 33.9 Å².